The molecule has 3 heterocycles. The molecule has 0 aliphatic carbocycles. The fourth-order valence-corrected chi connectivity index (χ4v) is 5.02. The van der Waals surface area contributed by atoms with Crippen LogP contribution < -0.4 is 10.1 Å². The first-order chi connectivity index (χ1) is 16.5. The number of nitrogens with one attached hydrogen (secondary N) is 1. The van der Waals surface area contributed by atoms with Crippen LogP contribution in [0.2, 0.25) is 0 Å². The fraction of sp³-hybridized carbons (Fsp3) is 0.565. The molecule has 2 aliphatic heterocycles. The number of alkyl halides is 3. The third kappa shape index (κ3) is 5.92. The van der Waals surface area contributed by atoms with Crippen molar-refractivity contribution in [2.45, 2.75) is 55.9 Å². The Labute approximate surface area is 203 Å². The molecule has 192 valence electrons. The predicted octanol–water partition coefficient (Wildman–Crippen LogP) is 4.21. The van der Waals surface area contributed by atoms with Gasteiger partial charge in [0.15, 0.2) is 0 Å². The summed E-state index contributed by atoms with van der Waals surface area (Å²) in [5.41, 5.74) is 0.746. The van der Waals surface area contributed by atoms with E-state index in [-0.39, 0.29) is 30.4 Å². The SMILES string of the molecule is Cc1c(Nc2ccc(S(C)=O)cc2F)ncnc1OC1C[C@H]2COC[C@@H](C1)N2CC(C)C(F)(F)F. The molecule has 35 heavy (non-hydrogen) atoms. The van der Waals surface area contributed by atoms with Crippen LogP contribution in [0.3, 0.4) is 0 Å². The van der Waals surface area contributed by atoms with Crippen LogP contribution in [0.15, 0.2) is 29.4 Å². The Morgan fingerprint density at radius 3 is 2.54 bits per heavy atom. The zero-order chi connectivity index (χ0) is 25.3. The van der Waals surface area contributed by atoms with Crippen LogP contribution >= 0.6 is 0 Å². The van der Waals surface area contributed by atoms with Crippen molar-refractivity contribution in [3.05, 3.63) is 35.9 Å². The molecule has 2 saturated heterocycles. The number of anilines is 2. The molecule has 0 amide bonds. The van der Waals surface area contributed by atoms with E-state index in [1.54, 1.807) is 13.0 Å². The van der Waals surface area contributed by atoms with Crippen LogP contribution in [0.1, 0.15) is 25.3 Å². The van der Waals surface area contributed by atoms with Crippen molar-refractivity contribution in [2.24, 2.45) is 5.92 Å². The summed E-state index contributed by atoms with van der Waals surface area (Å²) < 4.78 is 77.2. The smallest absolute Gasteiger partial charge is 0.392 e. The average molecular weight is 517 g/mol. The van der Waals surface area contributed by atoms with Crippen molar-refractivity contribution < 1.29 is 31.2 Å². The van der Waals surface area contributed by atoms with E-state index in [0.29, 0.717) is 48.2 Å². The number of hydrogen-bond acceptors (Lipinski definition) is 7. The zero-order valence-corrected chi connectivity index (χ0v) is 20.5. The minimum absolute atomic E-state index is 0.0640. The van der Waals surface area contributed by atoms with Gasteiger partial charge in [0.25, 0.3) is 0 Å². The predicted molar refractivity (Wildman–Crippen MR) is 123 cm³/mol. The van der Waals surface area contributed by atoms with Gasteiger partial charge in [-0.25, -0.2) is 14.4 Å². The van der Waals surface area contributed by atoms with E-state index in [4.69, 9.17) is 9.47 Å². The van der Waals surface area contributed by atoms with Crippen molar-refractivity contribution in [1.29, 1.82) is 0 Å². The summed E-state index contributed by atoms with van der Waals surface area (Å²) in [5.74, 6) is -1.30. The standard InChI is InChI=1S/C23H28F4N4O3S/c1-13(23(25,26)27)9-31-15-6-17(7-16(31)11-33-10-15)34-22-14(2)21(28-12-29-22)30-20-5-4-18(35(3)32)8-19(20)24/h4-5,8,12-13,15-17H,6-7,9-11H2,1-3H3,(H,28,29,30)/t13?,15-,16+,17?,35?. The highest BCUT2D eigenvalue weighted by molar-refractivity contribution is 7.84. The summed E-state index contributed by atoms with van der Waals surface area (Å²) in [5, 5.41) is 2.93. The molecule has 0 saturated carbocycles. The van der Waals surface area contributed by atoms with Crippen LogP contribution in [0.5, 0.6) is 5.88 Å². The van der Waals surface area contributed by atoms with E-state index in [2.05, 4.69) is 15.3 Å². The van der Waals surface area contributed by atoms with E-state index in [1.165, 1.54) is 31.6 Å². The van der Waals surface area contributed by atoms with Gasteiger partial charge in [-0.05, 0) is 25.1 Å². The minimum Gasteiger partial charge on any atom is -0.474 e. The molecule has 12 heteroatoms. The second-order valence-electron chi connectivity index (χ2n) is 9.07. The highest BCUT2D eigenvalue weighted by Crippen LogP contribution is 2.35. The van der Waals surface area contributed by atoms with E-state index in [9.17, 15) is 21.8 Å². The second kappa shape index (κ2) is 10.4. The van der Waals surface area contributed by atoms with Crippen LogP contribution in [-0.2, 0) is 15.5 Å². The first-order valence-electron chi connectivity index (χ1n) is 11.3. The Hall–Kier alpha value is -2.31. The molecule has 2 aromatic rings. The van der Waals surface area contributed by atoms with E-state index >= 15 is 0 Å². The van der Waals surface area contributed by atoms with Crippen LogP contribution in [0.4, 0.5) is 29.1 Å². The lowest BCUT2D eigenvalue weighted by molar-refractivity contribution is -0.187. The summed E-state index contributed by atoms with van der Waals surface area (Å²) in [7, 11) is -1.30. The molecule has 5 atom stereocenters. The number of fused-ring (bicyclic) bond motifs is 2. The molecule has 4 rings (SSSR count). The normalized spacial score (nSPS) is 24.6. The Balaban J connectivity index is 1.45. The number of aromatic nitrogens is 2. The fourth-order valence-electron chi connectivity index (χ4n) is 4.49. The number of nitrogens with zero attached hydrogens (tertiary/aromatic N) is 3. The van der Waals surface area contributed by atoms with Gasteiger partial charge in [0, 0.05) is 53.4 Å². The molecule has 2 fully saturated rings. The van der Waals surface area contributed by atoms with Gasteiger partial charge < -0.3 is 14.8 Å². The van der Waals surface area contributed by atoms with Crippen molar-refractivity contribution in [2.75, 3.05) is 31.3 Å². The third-order valence-electron chi connectivity index (χ3n) is 6.51. The molecular weight excluding hydrogens is 488 g/mol. The Bertz CT molecular complexity index is 1070. The number of ether oxygens (including phenoxy) is 2. The first-order valence-corrected chi connectivity index (χ1v) is 12.9. The first kappa shape index (κ1) is 25.8. The molecule has 3 unspecified atom stereocenters. The topological polar surface area (TPSA) is 76.6 Å². The van der Waals surface area contributed by atoms with Crippen LogP contribution in [0.25, 0.3) is 0 Å². The highest BCUT2D eigenvalue weighted by atomic mass is 32.2. The largest absolute Gasteiger partial charge is 0.474 e. The number of benzene rings is 1. The summed E-state index contributed by atoms with van der Waals surface area (Å²) >= 11 is 0. The van der Waals surface area contributed by atoms with Gasteiger partial charge >= 0.3 is 6.18 Å². The molecule has 0 radical (unpaired) electrons. The summed E-state index contributed by atoms with van der Waals surface area (Å²) in [6.45, 7) is 3.60. The average Bonchev–Trinajstić information content (AvgIpc) is 2.77. The molecule has 1 aromatic carbocycles. The monoisotopic (exact) mass is 516 g/mol. The van der Waals surface area contributed by atoms with Gasteiger partial charge in [-0.15, -0.1) is 0 Å². The maximum atomic E-state index is 14.5. The lowest BCUT2D eigenvalue weighted by Gasteiger charge is -2.49. The molecule has 2 bridgehead atoms. The lowest BCUT2D eigenvalue weighted by Crippen LogP contribution is -2.60. The third-order valence-corrected chi connectivity index (χ3v) is 7.43. The number of piperidine rings is 1. The maximum Gasteiger partial charge on any atom is 0.392 e. The van der Waals surface area contributed by atoms with Gasteiger partial charge in [0.05, 0.1) is 30.4 Å². The lowest BCUT2D eigenvalue weighted by atomic mass is 9.90. The number of morpholine rings is 1. The zero-order valence-electron chi connectivity index (χ0n) is 19.6. The van der Waals surface area contributed by atoms with Crippen molar-refractivity contribution in [1.82, 2.24) is 14.9 Å². The van der Waals surface area contributed by atoms with Crippen LogP contribution in [-0.4, -0.2) is 69.5 Å². The van der Waals surface area contributed by atoms with E-state index in [1.807, 2.05) is 4.90 Å². The van der Waals surface area contributed by atoms with Gasteiger partial charge in [0.2, 0.25) is 5.88 Å². The maximum absolute atomic E-state index is 14.5. The van der Waals surface area contributed by atoms with Crippen LogP contribution in [0, 0.1) is 18.7 Å². The second-order valence-corrected chi connectivity index (χ2v) is 10.4. The van der Waals surface area contributed by atoms with Crippen molar-refractivity contribution in [3.63, 3.8) is 0 Å². The summed E-state index contributed by atoms with van der Waals surface area (Å²) in [4.78, 5) is 10.7. The Morgan fingerprint density at radius 1 is 1.26 bits per heavy atom. The summed E-state index contributed by atoms with van der Waals surface area (Å²) in [6.07, 6.45) is -0.681. The molecular formula is C23H28F4N4O3S. The Kier molecular flexibility index (Phi) is 7.62. The molecule has 1 aromatic heterocycles. The van der Waals surface area contributed by atoms with Crippen molar-refractivity contribution in [3.8, 4) is 5.88 Å². The number of rotatable bonds is 7. The number of hydrogen-bond donors (Lipinski definition) is 1. The van der Waals surface area contributed by atoms with Gasteiger partial charge in [-0.1, -0.05) is 6.92 Å². The summed E-state index contributed by atoms with van der Waals surface area (Å²) in [6, 6.07) is 3.93. The minimum atomic E-state index is -4.24. The molecule has 2 aliphatic rings. The van der Waals surface area contributed by atoms with E-state index < -0.39 is 28.7 Å². The molecule has 0 spiro atoms. The van der Waals surface area contributed by atoms with Gasteiger partial charge in [0.1, 0.15) is 24.1 Å². The van der Waals surface area contributed by atoms with Crippen molar-refractivity contribution >= 4 is 22.3 Å². The number of halogens is 4. The van der Waals surface area contributed by atoms with Gasteiger partial charge in [-0.3, -0.25) is 9.11 Å². The van der Waals surface area contributed by atoms with Gasteiger partial charge in [-0.2, -0.15) is 13.2 Å². The molecule has 7 nitrogen and oxygen atoms in total. The highest BCUT2D eigenvalue weighted by Gasteiger charge is 2.44. The quantitative estimate of drug-likeness (QED) is 0.553. The molecule has 1 N–H and O–H groups in total. The van der Waals surface area contributed by atoms with E-state index in [0.717, 1.165) is 0 Å². The Morgan fingerprint density at radius 2 is 1.94 bits per heavy atom.